The largest absolute Gasteiger partial charge is 0.192 e. The van der Waals surface area contributed by atoms with Gasteiger partial charge < -0.3 is 0 Å². The van der Waals surface area contributed by atoms with Crippen LogP contribution in [0.2, 0.25) is 0 Å². The normalized spacial score (nSPS) is 24.1. The molecule has 0 aliphatic heterocycles. The summed E-state index contributed by atoms with van der Waals surface area (Å²) < 4.78 is 0. The van der Waals surface area contributed by atoms with E-state index in [1.54, 1.807) is 0 Å². The van der Waals surface area contributed by atoms with E-state index in [-0.39, 0.29) is 0 Å². The predicted molar refractivity (Wildman–Crippen MR) is 131 cm³/mol. The summed E-state index contributed by atoms with van der Waals surface area (Å²) in [7, 11) is 0. The highest BCUT2D eigenvalue weighted by Crippen LogP contribution is 2.60. The Hall–Kier alpha value is -2.58. The molecule has 0 N–H and O–H groups in total. The highest BCUT2D eigenvalue weighted by molar-refractivity contribution is 5.75. The molecule has 0 spiro atoms. The molecule has 2 aromatic carbocycles. The Morgan fingerprint density at radius 2 is 1.28 bits per heavy atom. The van der Waals surface area contributed by atoms with Crippen LogP contribution >= 0.6 is 0 Å². The van der Waals surface area contributed by atoms with Gasteiger partial charge >= 0.3 is 0 Å². The van der Waals surface area contributed by atoms with Crippen molar-refractivity contribution in [1.82, 2.24) is 0 Å². The van der Waals surface area contributed by atoms with Gasteiger partial charge in [-0.3, -0.25) is 0 Å². The Balaban J connectivity index is 1.53. The topological polar surface area (TPSA) is 47.6 Å². The summed E-state index contributed by atoms with van der Waals surface area (Å²) in [6.45, 7) is 4.51. The Labute approximate surface area is 194 Å². The lowest BCUT2D eigenvalue weighted by Gasteiger charge is -2.54. The quantitative estimate of drug-likeness (QED) is 0.429. The van der Waals surface area contributed by atoms with Gasteiger partial charge in [0, 0.05) is 5.56 Å². The van der Waals surface area contributed by atoms with E-state index in [1.165, 1.54) is 56.9 Å². The standard InChI is InChI=1S/C30H36N2/c1-3-5-23-6-8-24(9-7-23)26-11-10-25(27(21-31)28(26)22-32)12-14-30-18-15-29(13-4-2,16-19-30)17-20-30/h6-11H,3-5,12-20H2,1-2H3. The fourth-order valence-electron chi connectivity index (χ4n) is 6.50. The number of rotatable bonds is 8. The maximum absolute atomic E-state index is 9.97. The minimum Gasteiger partial charge on any atom is -0.192 e. The molecule has 0 atom stereocenters. The van der Waals surface area contributed by atoms with E-state index in [0.717, 1.165) is 42.4 Å². The third-order valence-electron chi connectivity index (χ3n) is 8.58. The van der Waals surface area contributed by atoms with E-state index < -0.39 is 0 Å². The second kappa shape index (κ2) is 9.50. The lowest BCUT2D eigenvalue weighted by atomic mass is 9.51. The molecule has 3 fully saturated rings. The second-order valence-electron chi connectivity index (χ2n) is 10.4. The fraction of sp³-hybridized carbons (Fsp3) is 0.533. The molecular formula is C30H36N2. The first-order valence-corrected chi connectivity index (χ1v) is 12.6. The van der Waals surface area contributed by atoms with Gasteiger partial charge in [0.05, 0.1) is 11.1 Å². The molecule has 2 bridgehead atoms. The highest BCUT2D eigenvalue weighted by atomic mass is 14.5. The number of nitriles is 2. The van der Waals surface area contributed by atoms with Gasteiger partial charge in [-0.2, -0.15) is 10.5 Å². The van der Waals surface area contributed by atoms with Crippen molar-refractivity contribution in [3.8, 4) is 23.3 Å². The van der Waals surface area contributed by atoms with Crippen molar-refractivity contribution < 1.29 is 0 Å². The zero-order valence-corrected chi connectivity index (χ0v) is 19.8. The Morgan fingerprint density at radius 1 is 0.688 bits per heavy atom. The van der Waals surface area contributed by atoms with Crippen molar-refractivity contribution in [3.63, 3.8) is 0 Å². The third kappa shape index (κ3) is 4.34. The molecule has 3 saturated carbocycles. The van der Waals surface area contributed by atoms with Crippen LogP contribution in [-0.2, 0) is 12.8 Å². The number of hydrogen-bond acceptors (Lipinski definition) is 2. The molecule has 0 amide bonds. The van der Waals surface area contributed by atoms with Crippen molar-refractivity contribution in [1.29, 1.82) is 10.5 Å². The van der Waals surface area contributed by atoms with E-state index in [0.29, 0.717) is 22.0 Å². The number of benzene rings is 2. The lowest BCUT2D eigenvalue weighted by Crippen LogP contribution is -2.41. The van der Waals surface area contributed by atoms with Gasteiger partial charge in [0.15, 0.2) is 0 Å². The maximum atomic E-state index is 9.97. The third-order valence-corrected chi connectivity index (χ3v) is 8.58. The Bertz CT molecular complexity index is 1010. The van der Waals surface area contributed by atoms with Gasteiger partial charge in [-0.05, 0) is 91.7 Å². The molecule has 0 unspecified atom stereocenters. The zero-order chi connectivity index (χ0) is 22.6. The number of fused-ring (bicyclic) bond motifs is 3. The molecule has 0 aromatic heterocycles. The molecule has 0 saturated heterocycles. The first-order valence-electron chi connectivity index (χ1n) is 12.6. The molecule has 32 heavy (non-hydrogen) atoms. The van der Waals surface area contributed by atoms with Crippen LogP contribution in [0.25, 0.3) is 11.1 Å². The van der Waals surface area contributed by atoms with Crippen molar-refractivity contribution >= 4 is 0 Å². The summed E-state index contributed by atoms with van der Waals surface area (Å²) in [6.07, 6.45) is 15.2. The molecule has 2 heteroatoms. The molecule has 5 rings (SSSR count). The molecule has 3 aliphatic rings. The van der Waals surface area contributed by atoms with Gasteiger partial charge in [0.25, 0.3) is 0 Å². The van der Waals surface area contributed by atoms with Gasteiger partial charge in [-0.25, -0.2) is 0 Å². The first-order chi connectivity index (χ1) is 15.6. The summed E-state index contributed by atoms with van der Waals surface area (Å²) >= 11 is 0. The summed E-state index contributed by atoms with van der Waals surface area (Å²) in [5, 5.41) is 19.9. The Kier molecular flexibility index (Phi) is 6.71. The molecule has 2 aromatic rings. The second-order valence-corrected chi connectivity index (χ2v) is 10.4. The summed E-state index contributed by atoms with van der Waals surface area (Å²) in [5.41, 5.74) is 6.50. The lowest BCUT2D eigenvalue weighted by molar-refractivity contribution is -0.0195. The van der Waals surface area contributed by atoms with Gasteiger partial charge in [0.1, 0.15) is 12.1 Å². The minimum atomic E-state index is 0.461. The van der Waals surface area contributed by atoms with E-state index in [2.05, 4.69) is 62.4 Å². The van der Waals surface area contributed by atoms with E-state index >= 15 is 0 Å². The molecule has 2 nitrogen and oxygen atoms in total. The van der Waals surface area contributed by atoms with Crippen molar-refractivity contribution in [2.45, 2.75) is 90.9 Å². The Morgan fingerprint density at radius 3 is 1.81 bits per heavy atom. The molecule has 166 valence electrons. The van der Waals surface area contributed by atoms with Crippen molar-refractivity contribution in [2.24, 2.45) is 10.8 Å². The molecular weight excluding hydrogens is 388 g/mol. The van der Waals surface area contributed by atoms with Gasteiger partial charge in [0.2, 0.25) is 0 Å². The van der Waals surface area contributed by atoms with Crippen LogP contribution in [-0.4, -0.2) is 0 Å². The van der Waals surface area contributed by atoms with Crippen LogP contribution in [0, 0.1) is 33.5 Å². The van der Waals surface area contributed by atoms with E-state index in [1.807, 2.05) is 0 Å². The van der Waals surface area contributed by atoms with Crippen LogP contribution in [0.5, 0.6) is 0 Å². The van der Waals surface area contributed by atoms with E-state index in [9.17, 15) is 10.5 Å². The summed E-state index contributed by atoms with van der Waals surface area (Å²) in [4.78, 5) is 0. The summed E-state index contributed by atoms with van der Waals surface area (Å²) in [5.74, 6) is 0. The SMILES string of the molecule is CCCc1ccc(-c2ccc(CCC34CCC(CCC)(CC3)CC4)c(C#N)c2C#N)cc1. The smallest absolute Gasteiger partial charge is 0.101 e. The predicted octanol–water partition coefficient (Wildman–Crippen LogP) is 8.12. The fourth-order valence-corrected chi connectivity index (χ4v) is 6.50. The molecule has 0 heterocycles. The zero-order valence-electron chi connectivity index (χ0n) is 19.8. The average molecular weight is 425 g/mol. The van der Waals surface area contributed by atoms with Crippen LogP contribution < -0.4 is 0 Å². The highest BCUT2D eigenvalue weighted by Gasteiger charge is 2.47. The summed E-state index contributed by atoms with van der Waals surface area (Å²) in [6, 6.07) is 17.4. The van der Waals surface area contributed by atoms with Crippen LogP contribution in [0.15, 0.2) is 36.4 Å². The minimum absolute atomic E-state index is 0.461. The number of nitrogens with zero attached hydrogens (tertiary/aromatic N) is 2. The molecule has 0 radical (unpaired) electrons. The van der Waals surface area contributed by atoms with Crippen molar-refractivity contribution in [2.75, 3.05) is 0 Å². The molecule has 3 aliphatic carbocycles. The monoisotopic (exact) mass is 424 g/mol. The van der Waals surface area contributed by atoms with Gasteiger partial charge in [-0.15, -0.1) is 0 Å². The average Bonchev–Trinajstić information content (AvgIpc) is 2.84. The van der Waals surface area contributed by atoms with Crippen LogP contribution in [0.4, 0.5) is 0 Å². The van der Waals surface area contributed by atoms with E-state index in [4.69, 9.17) is 0 Å². The van der Waals surface area contributed by atoms with Crippen LogP contribution in [0.3, 0.4) is 0 Å². The van der Waals surface area contributed by atoms with Crippen LogP contribution in [0.1, 0.15) is 100 Å². The first kappa shape index (κ1) is 22.6. The number of aryl methyl sites for hydroxylation is 2. The number of hydrogen-bond donors (Lipinski definition) is 0. The maximum Gasteiger partial charge on any atom is 0.101 e. The van der Waals surface area contributed by atoms with Gasteiger partial charge in [-0.1, -0.05) is 63.1 Å². The van der Waals surface area contributed by atoms with Crippen molar-refractivity contribution in [3.05, 3.63) is 58.7 Å².